The van der Waals surface area contributed by atoms with Gasteiger partial charge in [-0.15, -0.1) is 0 Å². The van der Waals surface area contributed by atoms with Crippen molar-refractivity contribution in [3.63, 3.8) is 0 Å². The van der Waals surface area contributed by atoms with E-state index in [0.29, 0.717) is 5.41 Å². The molecule has 0 saturated heterocycles. The molecule has 0 aliphatic rings. The van der Waals surface area contributed by atoms with Gasteiger partial charge in [-0.05, 0) is 39.0 Å². The Morgan fingerprint density at radius 3 is 2.00 bits per heavy atom. The van der Waals surface area contributed by atoms with Crippen molar-refractivity contribution in [1.82, 2.24) is 0 Å². The van der Waals surface area contributed by atoms with Gasteiger partial charge >= 0.3 is 0 Å². The minimum Gasteiger partial charge on any atom is -0.175 e. The molecule has 0 radical (unpaired) electrons. The maximum absolute atomic E-state index is 4.21. The molecule has 0 amide bonds. The summed E-state index contributed by atoms with van der Waals surface area (Å²) >= 11 is 4.21. The lowest BCUT2D eigenvalue weighted by Gasteiger charge is -2.23. The van der Waals surface area contributed by atoms with Crippen LogP contribution in [0.5, 0.6) is 0 Å². The molecule has 0 saturated carbocycles. The Hall–Kier alpha value is -0.430. The van der Waals surface area contributed by atoms with Crippen LogP contribution in [0.15, 0.2) is 34.9 Å². The quantitative estimate of drug-likeness (QED) is 0.356. The van der Waals surface area contributed by atoms with Crippen molar-refractivity contribution in [2.75, 3.05) is 5.75 Å². The molecule has 0 aromatic carbocycles. The predicted molar refractivity (Wildman–Crippen MR) is 83.8 cm³/mol. The summed E-state index contributed by atoms with van der Waals surface area (Å²) in [4.78, 5) is 0. The Kier molecular flexibility index (Phi) is 7.61. The van der Waals surface area contributed by atoms with Crippen LogP contribution in [0.4, 0.5) is 0 Å². The lowest BCUT2D eigenvalue weighted by molar-refractivity contribution is 0.428. The SMILES string of the molecule is CCC(C)(C)/C(C)=C/C/C=C(C)/C(C)=C/CS. The topological polar surface area (TPSA) is 0 Å². The summed E-state index contributed by atoms with van der Waals surface area (Å²) in [5.74, 6) is 0.814. The lowest BCUT2D eigenvalue weighted by atomic mass is 9.82. The van der Waals surface area contributed by atoms with Crippen molar-refractivity contribution in [1.29, 1.82) is 0 Å². The van der Waals surface area contributed by atoms with Gasteiger partial charge in [0, 0.05) is 5.75 Å². The van der Waals surface area contributed by atoms with Gasteiger partial charge in [-0.1, -0.05) is 55.7 Å². The molecule has 0 spiro atoms. The van der Waals surface area contributed by atoms with Crippen LogP contribution in [-0.2, 0) is 0 Å². The van der Waals surface area contributed by atoms with Crippen LogP contribution < -0.4 is 0 Å². The van der Waals surface area contributed by atoms with Gasteiger partial charge < -0.3 is 0 Å². The minimum atomic E-state index is 0.331. The van der Waals surface area contributed by atoms with Crippen molar-refractivity contribution in [2.45, 2.75) is 54.4 Å². The number of allylic oxidation sites excluding steroid dienone is 5. The summed E-state index contributed by atoms with van der Waals surface area (Å²) in [5.41, 5.74) is 4.51. The number of hydrogen-bond acceptors (Lipinski definition) is 1. The van der Waals surface area contributed by atoms with Crippen molar-refractivity contribution >= 4 is 12.6 Å². The van der Waals surface area contributed by atoms with Crippen LogP contribution in [-0.4, -0.2) is 5.75 Å². The molecule has 0 aromatic heterocycles. The molecule has 0 heterocycles. The zero-order valence-electron chi connectivity index (χ0n) is 12.3. The van der Waals surface area contributed by atoms with E-state index in [-0.39, 0.29) is 0 Å². The van der Waals surface area contributed by atoms with E-state index in [1.54, 1.807) is 0 Å². The average Bonchev–Trinajstić information content (AvgIpc) is 2.28. The predicted octanol–water partition coefficient (Wildman–Crippen LogP) is 5.58. The molecule has 1 heteroatoms. The van der Waals surface area contributed by atoms with Gasteiger partial charge in [-0.3, -0.25) is 0 Å². The third kappa shape index (κ3) is 6.16. The molecule has 0 bridgehead atoms. The van der Waals surface area contributed by atoms with Crippen LogP contribution in [0.2, 0.25) is 0 Å². The zero-order chi connectivity index (χ0) is 13.5. The molecule has 0 aromatic rings. The van der Waals surface area contributed by atoms with E-state index >= 15 is 0 Å². The molecule has 0 aliphatic heterocycles. The Labute approximate surface area is 113 Å². The van der Waals surface area contributed by atoms with Crippen LogP contribution in [0.1, 0.15) is 54.4 Å². The Balaban J connectivity index is 4.54. The standard InChI is InChI=1S/C16H28S/c1-7-16(5,6)15(4)10-8-9-13(2)14(3)11-12-17/h9-11,17H,7-8,12H2,1-6H3/b13-9+,14-11+,15-10+. The minimum absolute atomic E-state index is 0.331. The summed E-state index contributed by atoms with van der Waals surface area (Å²) in [6.45, 7) is 13.4. The maximum atomic E-state index is 4.21. The van der Waals surface area contributed by atoms with E-state index < -0.39 is 0 Å². The highest BCUT2D eigenvalue weighted by atomic mass is 32.1. The Morgan fingerprint density at radius 1 is 1.00 bits per heavy atom. The van der Waals surface area contributed by atoms with E-state index in [2.05, 4.69) is 72.4 Å². The van der Waals surface area contributed by atoms with Crippen LogP contribution in [0.3, 0.4) is 0 Å². The molecule has 0 nitrogen and oxygen atoms in total. The van der Waals surface area contributed by atoms with E-state index in [1.807, 2.05) is 0 Å². The highest BCUT2D eigenvalue weighted by Crippen LogP contribution is 2.29. The van der Waals surface area contributed by atoms with Crippen molar-refractivity contribution < 1.29 is 0 Å². The summed E-state index contributed by atoms with van der Waals surface area (Å²) in [7, 11) is 0. The molecule has 98 valence electrons. The first-order valence-corrected chi connectivity index (χ1v) is 7.10. The second kappa shape index (κ2) is 7.81. The van der Waals surface area contributed by atoms with Gasteiger partial charge in [0.15, 0.2) is 0 Å². The van der Waals surface area contributed by atoms with Crippen LogP contribution >= 0.6 is 12.6 Å². The first-order chi connectivity index (χ1) is 7.85. The molecule has 0 rings (SSSR count). The third-order valence-electron chi connectivity index (χ3n) is 3.82. The highest BCUT2D eigenvalue weighted by Gasteiger charge is 2.16. The van der Waals surface area contributed by atoms with Crippen molar-refractivity contribution in [3.05, 3.63) is 34.9 Å². The van der Waals surface area contributed by atoms with E-state index in [4.69, 9.17) is 0 Å². The fourth-order valence-corrected chi connectivity index (χ4v) is 1.70. The molecular weight excluding hydrogens is 224 g/mol. The fraction of sp³-hybridized carbons (Fsp3) is 0.625. The lowest BCUT2D eigenvalue weighted by Crippen LogP contribution is -2.10. The zero-order valence-corrected chi connectivity index (χ0v) is 13.2. The van der Waals surface area contributed by atoms with Gasteiger partial charge in [0.2, 0.25) is 0 Å². The number of hydrogen-bond donors (Lipinski definition) is 1. The normalized spacial score (nSPS) is 15.4. The molecule has 0 N–H and O–H groups in total. The number of rotatable bonds is 6. The first kappa shape index (κ1) is 16.6. The Morgan fingerprint density at radius 2 is 1.53 bits per heavy atom. The van der Waals surface area contributed by atoms with Gasteiger partial charge in [0.05, 0.1) is 0 Å². The average molecular weight is 252 g/mol. The maximum Gasteiger partial charge on any atom is 0.00883 e. The summed E-state index contributed by atoms with van der Waals surface area (Å²) in [6, 6.07) is 0. The Bertz CT molecular complexity index is 316. The van der Waals surface area contributed by atoms with E-state index in [0.717, 1.165) is 12.2 Å². The fourth-order valence-electron chi connectivity index (χ4n) is 1.43. The van der Waals surface area contributed by atoms with E-state index in [9.17, 15) is 0 Å². The monoisotopic (exact) mass is 252 g/mol. The third-order valence-corrected chi connectivity index (χ3v) is 4.00. The largest absolute Gasteiger partial charge is 0.175 e. The van der Waals surface area contributed by atoms with Crippen molar-refractivity contribution in [3.8, 4) is 0 Å². The van der Waals surface area contributed by atoms with Gasteiger partial charge in [-0.25, -0.2) is 0 Å². The van der Waals surface area contributed by atoms with Crippen molar-refractivity contribution in [2.24, 2.45) is 5.41 Å². The molecule has 0 unspecified atom stereocenters. The van der Waals surface area contributed by atoms with E-state index in [1.165, 1.54) is 23.1 Å². The number of thiol groups is 1. The molecule has 0 fully saturated rings. The van der Waals surface area contributed by atoms with Gasteiger partial charge in [-0.2, -0.15) is 12.6 Å². The highest BCUT2D eigenvalue weighted by molar-refractivity contribution is 7.80. The summed E-state index contributed by atoms with van der Waals surface area (Å²) in [6.07, 6.45) is 9.02. The summed E-state index contributed by atoms with van der Waals surface area (Å²) < 4.78 is 0. The summed E-state index contributed by atoms with van der Waals surface area (Å²) in [5, 5.41) is 0. The molecule has 17 heavy (non-hydrogen) atoms. The smallest absolute Gasteiger partial charge is 0.00883 e. The van der Waals surface area contributed by atoms with Gasteiger partial charge in [0.25, 0.3) is 0 Å². The van der Waals surface area contributed by atoms with Crippen LogP contribution in [0.25, 0.3) is 0 Å². The van der Waals surface area contributed by atoms with Gasteiger partial charge in [0.1, 0.15) is 0 Å². The van der Waals surface area contributed by atoms with Crippen LogP contribution in [0, 0.1) is 5.41 Å². The molecular formula is C16H28S. The second-order valence-corrected chi connectivity index (χ2v) is 5.68. The second-order valence-electron chi connectivity index (χ2n) is 5.32. The molecule has 0 atom stereocenters. The first-order valence-electron chi connectivity index (χ1n) is 6.47. The molecule has 0 aliphatic carbocycles.